The van der Waals surface area contributed by atoms with Crippen LogP contribution in [0.25, 0.3) is 0 Å². The van der Waals surface area contributed by atoms with Gasteiger partial charge in [0.2, 0.25) is 10.0 Å². The van der Waals surface area contributed by atoms with Gasteiger partial charge in [0.05, 0.1) is 4.90 Å². The minimum Gasteiger partial charge on any atom is -0.349 e. The Morgan fingerprint density at radius 1 is 1.25 bits per heavy atom. The Morgan fingerprint density at radius 3 is 2.35 bits per heavy atom. The predicted octanol–water partition coefficient (Wildman–Crippen LogP) is 1.45. The smallest absolute Gasteiger partial charge is 0.251 e. The van der Waals surface area contributed by atoms with E-state index in [1.165, 1.54) is 20.2 Å². The molecule has 0 aromatic heterocycles. The highest BCUT2D eigenvalue weighted by atomic mass is 32.2. The number of nitrogens with one attached hydrogen (secondary N) is 1. The third-order valence-electron chi connectivity index (χ3n) is 3.55. The van der Waals surface area contributed by atoms with Crippen LogP contribution in [0.5, 0.6) is 0 Å². The van der Waals surface area contributed by atoms with E-state index in [0.29, 0.717) is 11.1 Å². The van der Waals surface area contributed by atoms with Gasteiger partial charge in [-0.1, -0.05) is 0 Å². The van der Waals surface area contributed by atoms with Gasteiger partial charge >= 0.3 is 0 Å². The van der Waals surface area contributed by atoms with Crippen molar-refractivity contribution in [2.24, 2.45) is 0 Å². The first-order chi connectivity index (χ1) is 9.23. The van der Waals surface area contributed by atoms with Crippen LogP contribution >= 0.6 is 0 Å². The molecule has 1 aromatic carbocycles. The average molecular weight is 296 g/mol. The molecule has 2 rings (SSSR count). The van der Waals surface area contributed by atoms with Gasteiger partial charge in [0, 0.05) is 25.7 Å². The molecule has 1 N–H and O–H groups in total. The van der Waals surface area contributed by atoms with Gasteiger partial charge in [-0.3, -0.25) is 4.79 Å². The number of benzene rings is 1. The summed E-state index contributed by atoms with van der Waals surface area (Å²) < 4.78 is 25.8. The van der Waals surface area contributed by atoms with Gasteiger partial charge in [-0.05, 0) is 49.9 Å². The van der Waals surface area contributed by atoms with E-state index in [0.717, 1.165) is 22.7 Å². The molecular weight excluding hydrogens is 276 g/mol. The third-order valence-corrected chi connectivity index (χ3v) is 5.49. The highest BCUT2D eigenvalue weighted by molar-refractivity contribution is 7.89. The zero-order valence-corrected chi connectivity index (χ0v) is 13.0. The maximum absolute atomic E-state index is 12.3. The fraction of sp³-hybridized carbons (Fsp3) is 0.500. The molecule has 0 atom stereocenters. The van der Waals surface area contributed by atoms with Gasteiger partial charge in [-0.15, -0.1) is 0 Å². The quantitative estimate of drug-likeness (QED) is 0.914. The maximum atomic E-state index is 12.3. The number of carbonyl (C=O) groups excluding carboxylic acids is 1. The summed E-state index contributed by atoms with van der Waals surface area (Å²) in [5.74, 6) is -0.203. The van der Waals surface area contributed by atoms with Crippen molar-refractivity contribution in [3.05, 3.63) is 28.8 Å². The topological polar surface area (TPSA) is 66.5 Å². The molecule has 1 aliphatic rings. The Morgan fingerprint density at radius 2 is 1.85 bits per heavy atom. The number of aryl methyl sites for hydroxylation is 1. The molecule has 110 valence electrons. The highest BCUT2D eigenvalue weighted by Crippen LogP contribution is 2.24. The average Bonchev–Trinajstić information content (AvgIpc) is 3.15. The fourth-order valence-corrected chi connectivity index (χ4v) is 3.14. The van der Waals surface area contributed by atoms with Crippen molar-refractivity contribution < 1.29 is 13.2 Å². The molecule has 1 fully saturated rings. The van der Waals surface area contributed by atoms with Crippen LogP contribution in [0.4, 0.5) is 0 Å². The number of sulfonamides is 1. The minimum absolute atomic E-state index is 0.198. The Hall–Kier alpha value is -1.40. The largest absolute Gasteiger partial charge is 0.349 e. The van der Waals surface area contributed by atoms with Crippen LogP contribution in [0.2, 0.25) is 0 Å². The molecule has 1 saturated carbocycles. The van der Waals surface area contributed by atoms with Crippen LogP contribution in [-0.2, 0) is 10.0 Å². The molecular formula is C14H20N2O3S. The number of hydrogen-bond acceptors (Lipinski definition) is 3. The first-order valence-electron chi connectivity index (χ1n) is 6.58. The lowest BCUT2D eigenvalue weighted by Gasteiger charge is -2.16. The standard InChI is InChI=1S/C14H20N2O3S/c1-9-7-11(14(17)15-12-5-6-12)8-13(10(9)2)20(18,19)16(3)4/h7-8,12H,5-6H2,1-4H3,(H,15,17). The van der Waals surface area contributed by atoms with Crippen molar-refractivity contribution in [3.8, 4) is 0 Å². The van der Waals surface area contributed by atoms with Crippen LogP contribution < -0.4 is 5.32 Å². The van der Waals surface area contributed by atoms with Crippen LogP contribution in [0, 0.1) is 13.8 Å². The Bertz CT molecular complexity index is 647. The predicted molar refractivity (Wildman–Crippen MR) is 77.3 cm³/mol. The third kappa shape index (κ3) is 2.86. The molecule has 1 amide bonds. The van der Waals surface area contributed by atoms with Crippen molar-refractivity contribution in [3.63, 3.8) is 0 Å². The zero-order valence-electron chi connectivity index (χ0n) is 12.2. The van der Waals surface area contributed by atoms with Gasteiger partial charge in [0.1, 0.15) is 0 Å². The highest BCUT2D eigenvalue weighted by Gasteiger charge is 2.26. The Labute approximate surface area is 120 Å². The lowest BCUT2D eigenvalue weighted by molar-refractivity contribution is 0.0950. The van der Waals surface area contributed by atoms with E-state index in [4.69, 9.17) is 0 Å². The van der Waals surface area contributed by atoms with Crippen molar-refractivity contribution in [1.29, 1.82) is 0 Å². The summed E-state index contributed by atoms with van der Waals surface area (Å²) in [6, 6.07) is 3.45. The van der Waals surface area contributed by atoms with Crippen LogP contribution in [0.3, 0.4) is 0 Å². The molecule has 0 bridgehead atoms. The van der Waals surface area contributed by atoms with Gasteiger partial charge < -0.3 is 5.32 Å². The molecule has 0 aliphatic heterocycles. The first kappa shape index (κ1) is 15.0. The van der Waals surface area contributed by atoms with E-state index in [1.807, 2.05) is 6.92 Å². The molecule has 0 spiro atoms. The first-order valence-corrected chi connectivity index (χ1v) is 8.02. The summed E-state index contributed by atoms with van der Waals surface area (Å²) in [4.78, 5) is 12.3. The molecule has 0 heterocycles. The van der Waals surface area contributed by atoms with Gasteiger partial charge in [0.15, 0.2) is 0 Å². The van der Waals surface area contributed by atoms with E-state index in [-0.39, 0.29) is 16.8 Å². The van der Waals surface area contributed by atoms with Crippen molar-refractivity contribution in [2.45, 2.75) is 37.6 Å². The molecule has 1 aliphatic carbocycles. The Balaban J connectivity index is 2.46. The molecule has 20 heavy (non-hydrogen) atoms. The number of rotatable bonds is 4. The van der Waals surface area contributed by atoms with Crippen molar-refractivity contribution in [1.82, 2.24) is 9.62 Å². The van der Waals surface area contributed by atoms with Gasteiger partial charge in [0.25, 0.3) is 5.91 Å². The van der Waals surface area contributed by atoms with Gasteiger partial charge in [-0.25, -0.2) is 12.7 Å². The zero-order chi connectivity index (χ0) is 15.1. The summed E-state index contributed by atoms with van der Waals surface area (Å²) in [6.07, 6.45) is 2.00. The number of nitrogens with zero attached hydrogens (tertiary/aromatic N) is 1. The number of hydrogen-bond donors (Lipinski definition) is 1. The molecule has 0 radical (unpaired) electrons. The summed E-state index contributed by atoms with van der Waals surface area (Å²) in [5, 5.41) is 2.88. The SMILES string of the molecule is Cc1cc(C(=O)NC2CC2)cc(S(=O)(=O)N(C)C)c1C. The van der Waals surface area contributed by atoms with Crippen molar-refractivity contribution >= 4 is 15.9 Å². The van der Waals surface area contributed by atoms with Crippen LogP contribution in [-0.4, -0.2) is 38.8 Å². The number of amides is 1. The van der Waals surface area contributed by atoms with Gasteiger partial charge in [-0.2, -0.15) is 0 Å². The normalized spacial score (nSPS) is 15.4. The molecule has 0 unspecified atom stereocenters. The maximum Gasteiger partial charge on any atom is 0.251 e. The fourth-order valence-electron chi connectivity index (χ4n) is 1.92. The summed E-state index contributed by atoms with van der Waals surface area (Å²) in [5.41, 5.74) is 1.89. The van der Waals surface area contributed by atoms with E-state index < -0.39 is 10.0 Å². The lowest BCUT2D eigenvalue weighted by Crippen LogP contribution is -2.27. The second-order valence-corrected chi connectivity index (χ2v) is 7.57. The molecule has 6 heteroatoms. The summed E-state index contributed by atoms with van der Waals surface area (Å²) in [7, 11) is -0.571. The van der Waals surface area contributed by atoms with E-state index >= 15 is 0 Å². The molecule has 1 aromatic rings. The van der Waals surface area contributed by atoms with Crippen molar-refractivity contribution in [2.75, 3.05) is 14.1 Å². The monoisotopic (exact) mass is 296 g/mol. The summed E-state index contributed by atoms with van der Waals surface area (Å²) in [6.45, 7) is 3.58. The van der Waals surface area contributed by atoms with Crippen LogP contribution in [0.15, 0.2) is 17.0 Å². The molecule has 5 nitrogen and oxygen atoms in total. The summed E-state index contributed by atoms with van der Waals surface area (Å²) >= 11 is 0. The van der Waals surface area contributed by atoms with E-state index in [1.54, 1.807) is 13.0 Å². The van der Waals surface area contributed by atoms with E-state index in [9.17, 15) is 13.2 Å². The molecule has 0 saturated heterocycles. The number of carbonyl (C=O) groups is 1. The lowest BCUT2D eigenvalue weighted by atomic mass is 10.1. The van der Waals surface area contributed by atoms with E-state index in [2.05, 4.69) is 5.32 Å². The van der Waals surface area contributed by atoms with Crippen LogP contribution in [0.1, 0.15) is 34.3 Å². The second-order valence-electron chi connectivity index (χ2n) is 5.45. The second kappa shape index (κ2) is 5.18. The minimum atomic E-state index is -3.55. The Kier molecular flexibility index (Phi) is 3.88.